The van der Waals surface area contributed by atoms with Gasteiger partial charge in [-0.2, -0.15) is 15.0 Å². The molecule has 138 heavy (non-hydrogen) atoms. The van der Waals surface area contributed by atoms with Gasteiger partial charge in [0.2, 0.25) is 17.7 Å². The number of imidazole rings is 3. The highest BCUT2D eigenvalue weighted by Gasteiger charge is 2.43. The molecular formula is C99H93ClF8N24O6. The second-order valence-electron chi connectivity index (χ2n) is 36.3. The van der Waals surface area contributed by atoms with Crippen molar-refractivity contribution >= 4 is 130 Å². The highest BCUT2D eigenvalue weighted by atomic mass is 35.5. The average molecular weight is 1900 g/mol. The minimum atomic E-state index is -0.901. The summed E-state index contributed by atoms with van der Waals surface area (Å²) in [5.41, 5.74) is 19.1. The number of amides is 3. The third-order valence-electron chi connectivity index (χ3n) is 27.0. The van der Waals surface area contributed by atoms with E-state index in [0.717, 1.165) is 76.5 Å². The molecule has 30 nitrogen and oxygen atoms in total. The summed E-state index contributed by atoms with van der Waals surface area (Å²) >= 11 is 6.81. The number of aromatic nitrogens is 15. The van der Waals surface area contributed by atoms with Gasteiger partial charge in [0.1, 0.15) is 63.7 Å². The molecular weight excluding hydrogens is 1810 g/mol. The number of carbonyl (C=O) groups is 3. The first-order chi connectivity index (χ1) is 66.0. The quantitative estimate of drug-likeness (QED) is 0.0487. The lowest BCUT2D eigenvalue weighted by Gasteiger charge is -2.44. The Morgan fingerprint density at radius 3 is 0.920 bits per heavy atom. The minimum Gasteiger partial charge on any atom is -0.398 e. The van der Waals surface area contributed by atoms with Crippen molar-refractivity contribution in [2.45, 2.75) is 134 Å². The number of benzene rings is 6. The zero-order valence-electron chi connectivity index (χ0n) is 76.4. The lowest BCUT2D eigenvalue weighted by molar-refractivity contribution is -0.129. The Bertz CT molecular complexity index is 7130. The number of nitrogens with two attached hydrogens (primary N) is 3. The molecule has 6 fully saturated rings. The van der Waals surface area contributed by atoms with Crippen LogP contribution in [0.3, 0.4) is 0 Å². The van der Waals surface area contributed by atoms with Gasteiger partial charge in [-0.1, -0.05) is 49.5 Å². The van der Waals surface area contributed by atoms with Crippen molar-refractivity contribution in [3.63, 3.8) is 0 Å². The van der Waals surface area contributed by atoms with Crippen molar-refractivity contribution in [3.05, 3.63) is 248 Å². The van der Waals surface area contributed by atoms with E-state index in [-0.39, 0.29) is 205 Å². The number of aryl methyl sites for hydroxylation is 3. The molecule has 3 saturated carbocycles. The number of fused-ring (bicyclic) bond motifs is 6. The van der Waals surface area contributed by atoms with Crippen LogP contribution >= 0.6 is 11.6 Å². The van der Waals surface area contributed by atoms with Gasteiger partial charge >= 0.3 is 17.1 Å². The maximum atomic E-state index is 16.4. The predicted octanol–water partition coefficient (Wildman–Crippen LogP) is 15.0. The zero-order valence-corrected chi connectivity index (χ0v) is 77.2. The lowest BCUT2D eigenvalue weighted by Crippen LogP contribution is -2.58. The second-order valence-corrected chi connectivity index (χ2v) is 36.7. The Morgan fingerprint density at radius 1 is 0.370 bits per heavy atom. The SMILES string of the molecule is C=CC(=O)N1C[C@H](C)N(c2nc(=O)n(-c3c(F)cc4c(ncn4C)c3C3CC3)c3nc(-c4c(N)cccc4F)c(Cl)cc23)C[C@H]1C.C=CC(=O)N1C[C@H](C)N(c2nc(=O)n(-c3c(F)cc4c(ncn4C)c3C3CC3)c3nc(-c4c(N)cccc4F)c(F)cc23)C[C@H]1C.C=CC(=O)N1C[C@H](C)N(c2nc(=O)n(-c3c(F)cc4c(ncn4C)c3C3CC3)c3nc(-c4c(N)cccc4F)c(F)cc23)C[C@H]1C. The van der Waals surface area contributed by atoms with Crippen LogP contribution in [0.25, 0.3) is 117 Å². The molecule has 15 aromatic rings. The molecule has 3 saturated heterocycles. The Hall–Kier alpha value is -15.2. The van der Waals surface area contributed by atoms with E-state index in [2.05, 4.69) is 59.6 Å². The lowest BCUT2D eigenvalue weighted by atomic mass is 10.0. The standard InChI is InChI=1S/C33H31ClF2N8O2.2C33H31F3N8O2/c1-5-25(45)42-13-17(3)43(14-16(42)2)31-19-11-20(34)28(27-21(35)7-6-8-23(27)37)39-32(19)44(33(46)40-31)30-22(36)12-24-29(38-15-41(24)4)26(30)18-9-10-18;2*1-5-25(45)42-13-17(3)43(14-16(42)2)31-19-11-21(35)28(27-20(34)7-6-8-23(27)37)39-32(19)44(33(46)40-31)30-22(36)12-24-29(38-15-41(24)4)26(30)18-9-10-18/h3*5-8,11-12,15-18H,1,9-10,13-14,37H2,2-4H3/t3*16-,17+/m111/s1. The highest BCUT2D eigenvalue weighted by molar-refractivity contribution is 6.34. The summed E-state index contributed by atoms with van der Waals surface area (Å²) in [6.45, 7) is 23.8. The molecule has 3 aliphatic carbocycles. The smallest absolute Gasteiger partial charge is 0.355 e. The molecule has 0 unspecified atom stereocenters. The van der Waals surface area contributed by atoms with Crippen LogP contribution in [-0.2, 0) is 35.5 Å². The molecule has 3 aliphatic heterocycles. The van der Waals surface area contributed by atoms with Crippen LogP contribution in [0.5, 0.6) is 0 Å². The Labute approximate surface area is 787 Å². The molecule has 708 valence electrons. The Balaban J connectivity index is 0.000000132. The molecule has 39 heteroatoms. The van der Waals surface area contributed by atoms with Gasteiger partial charge in [0, 0.05) is 149 Å². The van der Waals surface area contributed by atoms with Crippen LogP contribution in [-0.4, -0.2) is 180 Å². The minimum absolute atomic E-state index is 0.00479. The molecule has 3 amide bonds. The number of nitrogens with zero attached hydrogens (tertiary/aromatic N) is 21. The first-order valence-electron chi connectivity index (χ1n) is 45.0. The van der Waals surface area contributed by atoms with E-state index in [1.807, 2.05) is 56.2 Å². The van der Waals surface area contributed by atoms with Crippen LogP contribution in [0.4, 0.5) is 69.6 Å². The molecule has 6 aromatic carbocycles. The summed E-state index contributed by atoms with van der Waals surface area (Å²) < 4.78 is 135. The van der Waals surface area contributed by atoms with Crippen molar-refractivity contribution in [2.75, 3.05) is 71.2 Å². The highest BCUT2D eigenvalue weighted by Crippen LogP contribution is 2.52. The number of pyridine rings is 3. The van der Waals surface area contributed by atoms with Gasteiger partial charge in [0.25, 0.3) is 0 Å². The van der Waals surface area contributed by atoms with Gasteiger partial charge in [-0.3, -0.25) is 14.4 Å². The van der Waals surface area contributed by atoms with E-state index >= 15 is 35.1 Å². The number of hydrogen-bond donors (Lipinski definition) is 3. The van der Waals surface area contributed by atoms with Gasteiger partial charge in [-0.05, 0) is 171 Å². The normalized spacial score (nSPS) is 18.5. The van der Waals surface area contributed by atoms with Crippen LogP contribution < -0.4 is 49.0 Å². The molecule has 0 spiro atoms. The van der Waals surface area contributed by atoms with E-state index in [4.69, 9.17) is 33.8 Å². The number of hydrogen-bond acceptors (Lipinski definition) is 21. The van der Waals surface area contributed by atoms with Crippen molar-refractivity contribution in [1.82, 2.24) is 87.0 Å². The predicted molar refractivity (Wildman–Crippen MR) is 513 cm³/mol. The fraction of sp³-hybridized carbons (Fsp3) is 0.303. The van der Waals surface area contributed by atoms with Gasteiger partial charge in [0.15, 0.2) is 28.6 Å². The molecule has 21 rings (SSSR count). The Morgan fingerprint density at radius 2 is 0.645 bits per heavy atom. The van der Waals surface area contributed by atoms with Crippen molar-refractivity contribution in [2.24, 2.45) is 21.1 Å². The first kappa shape index (κ1) is 91.9. The van der Waals surface area contributed by atoms with Crippen molar-refractivity contribution < 1.29 is 49.5 Å². The summed E-state index contributed by atoms with van der Waals surface area (Å²) in [4.78, 5) is 132. The molecule has 6 N–H and O–H groups in total. The van der Waals surface area contributed by atoms with Crippen LogP contribution in [0, 0.1) is 46.5 Å². The van der Waals surface area contributed by atoms with Crippen LogP contribution in [0.15, 0.2) is 162 Å². The van der Waals surface area contributed by atoms with Gasteiger partial charge < -0.3 is 60.3 Å². The van der Waals surface area contributed by atoms with Crippen LogP contribution in [0.2, 0.25) is 5.02 Å². The van der Waals surface area contributed by atoms with Crippen molar-refractivity contribution in [3.8, 4) is 50.8 Å². The monoisotopic (exact) mass is 1900 g/mol. The number of carbonyl (C=O) groups excluding carboxylic acids is 3. The zero-order chi connectivity index (χ0) is 97.8. The number of anilines is 6. The fourth-order valence-corrected chi connectivity index (χ4v) is 20.0. The number of halogens is 9. The average Bonchev–Trinajstić information content (AvgIpc) is 1.21. The summed E-state index contributed by atoms with van der Waals surface area (Å²) in [7, 11) is 5.29. The largest absolute Gasteiger partial charge is 0.398 e. The fourth-order valence-electron chi connectivity index (χ4n) is 19.7. The molecule has 0 bridgehead atoms. The van der Waals surface area contributed by atoms with Gasteiger partial charge in [0.05, 0.1) is 113 Å². The summed E-state index contributed by atoms with van der Waals surface area (Å²) in [6.07, 6.45) is 13.2. The number of piperazine rings is 3. The third kappa shape index (κ3) is 15.6. The maximum absolute atomic E-state index is 16.4. The van der Waals surface area contributed by atoms with E-state index in [0.29, 0.717) is 68.3 Å². The maximum Gasteiger partial charge on any atom is 0.355 e. The van der Waals surface area contributed by atoms with Gasteiger partial charge in [-0.25, -0.2) is 93.1 Å². The topological polar surface area (TPSA) is 346 Å². The Kier molecular flexibility index (Phi) is 23.4. The number of rotatable bonds is 15. The second kappa shape index (κ2) is 35.1. The van der Waals surface area contributed by atoms with E-state index in [1.54, 1.807) is 74.6 Å². The van der Waals surface area contributed by atoms with Crippen LogP contribution in [0.1, 0.15) is 115 Å². The van der Waals surface area contributed by atoms with E-state index < -0.39 is 75.0 Å². The van der Waals surface area contributed by atoms with E-state index in [9.17, 15) is 28.8 Å². The molecule has 12 heterocycles. The first-order valence-corrected chi connectivity index (χ1v) is 45.4. The molecule has 9 aromatic heterocycles. The van der Waals surface area contributed by atoms with Crippen molar-refractivity contribution in [1.29, 1.82) is 0 Å². The van der Waals surface area contributed by atoms with E-state index in [1.165, 1.54) is 78.9 Å². The summed E-state index contributed by atoms with van der Waals surface area (Å²) in [5.74, 6) is -6.42. The third-order valence-corrected chi connectivity index (χ3v) is 27.3. The molecule has 6 aliphatic rings. The summed E-state index contributed by atoms with van der Waals surface area (Å²) in [6, 6.07) is 18.1. The molecule has 6 atom stereocenters. The number of nitrogen functional groups attached to an aromatic ring is 3. The molecule has 0 radical (unpaired) electrons. The van der Waals surface area contributed by atoms with Gasteiger partial charge in [-0.15, -0.1) is 0 Å². The summed E-state index contributed by atoms with van der Waals surface area (Å²) in [5, 5.41) is 0.649.